The lowest BCUT2D eigenvalue weighted by Crippen LogP contribution is -2.26. The number of carbonyl (C=O) groups is 1. The van der Waals surface area contributed by atoms with Gasteiger partial charge in [0, 0.05) is 19.6 Å². The molecule has 2 heterocycles. The van der Waals surface area contributed by atoms with Crippen molar-refractivity contribution in [2.45, 2.75) is 53.4 Å². The number of hydrogen-bond acceptors (Lipinski definition) is 6. The van der Waals surface area contributed by atoms with E-state index in [9.17, 15) is 4.79 Å². The van der Waals surface area contributed by atoms with Crippen molar-refractivity contribution in [1.29, 1.82) is 0 Å². The van der Waals surface area contributed by atoms with Gasteiger partial charge in [-0.25, -0.2) is 15.0 Å². The molecule has 1 aromatic carbocycles. The molecule has 8 nitrogen and oxygen atoms in total. The Hall–Kier alpha value is -3.16. The summed E-state index contributed by atoms with van der Waals surface area (Å²) < 4.78 is 0. The number of anilines is 2. The van der Waals surface area contributed by atoms with Gasteiger partial charge in [0.05, 0.1) is 29.2 Å². The number of rotatable bonds is 10. The van der Waals surface area contributed by atoms with Crippen molar-refractivity contribution in [3.63, 3.8) is 0 Å². The Morgan fingerprint density at radius 3 is 2.45 bits per heavy atom. The average Bonchev–Trinajstić information content (AvgIpc) is 3.19. The Morgan fingerprint density at radius 2 is 1.84 bits per heavy atom. The zero-order valence-electron chi connectivity index (χ0n) is 19.1. The van der Waals surface area contributed by atoms with Crippen molar-refractivity contribution in [2.24, 2.45) is 5.73 Å². The maximum atomic E-state index is 11.5. The summed E-state index contributed by atoms with van der Waals surface area (Å²) in [7, 11) is 0. The van der Waals surface area contributed by atoms with Crippen molar-refractivity contribution in [1.82, 2.24) is 19.9 Å². The number of nitrogens with zero attached hydrogens (tertiary/aromatic N) is 4. The lowest BCUT2D eigenvalue weighted by molar-refractivity contribution is 0.100. The van der Waals surface area contributed by atoms with E-state index >= 15 is 0 Å². The second-order valence-corrected chi connectivity index (χ2v) is 7.37. The maximum absolute atomic E-state index is 11.5. The number of fused-ring (bicyclic) bond motifs is 1. The SMILES string of the molecule is CCCCCN(CCC)c1nc2c(C(N)=O)cccc2[nH]1.CCNc1cnc(C)nc1. The number of nitrogens with one attached hydrogen (secondary N) is 2. The maximum Gasteiger partial charge on any atom is 0.250 e. The molecular formula is C23H35N7O. The first kappa shape index (κ1) is 24.1. The molecule has 1 amide bonds. The molecule has 8 heteroatoms. The number of imidazole rings is 1. The summed E-state index contributed by atoms with van der Waals surface area (Å²) in [6.07, 6.45) is 8.19. The third-order valence-corrected chi connectivity index (χ3v) is 4.75. The van der Waals surface area contributed by atoms with Gasteiger partial charge in [-0.2, -0.15) is 0 Å². The standard InChI is InChI=1S/C16H24N4O.C7H11N3/c1-3-5-6-11-20(10-4-2)16-18-13-9-7-8-12(15(17)21)14(13)19-16;1-3-8-7-4-9-6(2)10-5-7/h7-9H,3-6,10-11H2,1-2H3,(H2,17,21)(H,18,19);4-5,8H,3H2,1-2H3. The molecule has 0 aliphatic rings. The number of aromatic amines is 1. The predicted octanol–water partition coefficient (Wildman–Crippen LogP) is 4.29. The first-order valence-corrected chi connectivity index (χ1v) is 11.1. The first-order valence-electron chi connectivity index (χ1n) is 11.1. The fourth-order valence-electron chi connectivity index (χ4n) is 3.20. The number of aromatic nitrogens is 4. The molecule has 3 aromatic rings. The predicted molar refractivity (Wildman–Crippen MR) is 128 cm³/mol. The van der Waals surface area contributed by atoms with Crippen LogP contribution in [0, 0.1) is 6.92 Å². The number of para-hydroxylation sites is 1. The van der Waals surface area contributed by atoms with Crippen LogP contribution in [0.1, 0.15) is 62.6 Å². The monoisotopic (exact) mass is 425 g/mol. The number of amides is 1. The van der Waals surface area contributed by atoms with Gasteiger partial charge in [-0.05, 0) is 38.8 Å². The molecule has 0 atom stereocenters. The van der Waals surface area contributed by atoms with Crippen LogP contribution in [0.3, 0.4) is 0 Å². The van der Waals surface area contributed by atoms with Crippen molar-refractivity contribution in [3.05, 3.63) is 42.0 Å². The van der Waals surface area contributed by atoms with Crippen LogP contribution in [0.4, 0.5) is 11.6 Å². The quantitative estimate of drug-likeness (QED) is 0.418. The van der Waals surface area contributed by atoms with Gasteiger partial charge in [0.15, 0.2) is 0 Å². The molecule has 0 spiro atoms. The molecule has 0 aliphatic heterocycles. The van der Waals surface area contributed by atoms with Crippen molar-refractivity contribution in [3.8, 4) is 0 Å². The molecule has 0 bridgehead atoms. The largest absolute Gasteiger partial charge is 0.383 e. The number of aryl methyl sites for hydroxylation is 1. The molecule has 0 radical (unpaired) electrons. The summed E-state index contributed by atoms with van der Waals surface area (Å²) in [6, 6.07) is 5.47. The minimum atomic E-state index is -0.438. The molecule has 0 unspecified atom stereocenters. The van der Waals surface area contributed by atoms with E-state index in [1.54, 1.807) is 18.5 Å². The van der Waals surface area contributed by atoms with E-state index < -0.39 is 5.91 Å². The van der Waals surface area contributed by atoms with Gasteiger partial charge in [-0.1, -0.05) is 32.8 Å². The molecule has 0 saturated carbocycles. The zero-order valence-corrected chi connectivity index (χ0v) is 19.1. The van der Waals surface area contributed by atoms with Gasteiger partial charge in [-0.3, -0.25) is 4.79 Å². The van der Waals surface area contributed by atoms with Crippen LogP contribution >= 0.6 is 0 Å². The highest BCUT2D eigenvalue weighted by Crippen LogP contribution is 2.21. The highest BCUT2D eigenvalue weighted by molar-refractivity contribution is 6.04. The van der Waals surface area contributed by atoms with E-state index in [1.807, 2.05) is 26.0 Å². The van der Waals surface area contributed by atoms with Crippen molar-refractivity contribution >= 4 is 28.6 Å². The third-order valence-electron chi connectivity index (χ3n) is 4.75. The number of hydrogen-bond donors (Lipinski definition) is 3. The Kier molecular flexibility index (Phi) is 9.74. The van der Waals surface area contributed by atoms with Crippen LogP contribution in [0.5, 0.6) is 0 Å². The molecule has 31 heavy (non-hydrogen) atoms. The van der Waals surface area contributed by atoms with Gasteiger partial charge < -0.3 is 20.9 Å². The third kappa shape index (κ3) is 7.24. The highest BCUT2D eigenvalue weighted by atomic mass is 16.1. The van der Waals surface area contributed by atoms with E-state index in [4.69, 9.17) is 5.73 Å². The van der Waals surface area contributed by atoms with Gasteiger partial charge in [0.25, 0.3) is 5.91 Å². The Balaban J connectivity index is 0.000000285. The lowest BCUT2D eigenvalue weighted by atomic mass is 10.2. The molecule has 2 aromatic heterocycles. The number of unbranched alkanes of at least 4 members (excludes halogenated alkanes) is 2. The number of primary amides is 1. The van der Waals surface area contributed by atoms with Crippen molar-refractivity contribution in [2.75, 3.05) is 29.9 Å². The van der Waals surface area contributed by atoms with Crippen LogP contribution < -0.4 is 16.0 Å². The number of benzene rings is 1. The van der Waals surface area contributed by atoms with E-state index in [1.165, 1.54) is 12.8 Å². The zero-order chi connectivity index (χ0) is 22.6. The summed E-state index contributed by atoms with van der Waals surface area (Å²) in [6.45, 7) is 11.1. The molecule has 0 fully saturated rings. The first-order chi connectivity index (χ1) is 15.0. The number of H-pyrrole nitrogens is 1. The molecule has 4 N–H and O–H groups in total. The lowest BCUT2D eigenvalue weighted by Gasteiger charge is -2.20. The Bertz CT molecular complexity index is 937. The molecule has 0 saturated heterocycles. The second-order valence-electron chi connectivity index (χ2n) is 7.37. The summed E-state index contributed by atoms with van der Waals surface area (Å²) in [5.74, 6) is 1.20. The topological polar surface area (TPSA) is 113 Å². The highest BCUT2D eigenvalue weighted by Gasteiger charge is 2.14. The molecule has 3 rings (SSSR count). The Labute approximate surface area is 184 Å². The fraction of sp³-hybridized carbons (Fsp3) is 0.478. The number of nitrogens with two attached hydrogens (primary N) is 1. The summed E-state index contributed by atoms with van der Waals surface area (Å²) in [5, 5.41) is 3.11. The normalized spacial score (nSPS) is 10.5. The van der Waals surface area contributed by atoms with E-state index in [-0.39, 0.29) is 0 Å². The Morgan fingerprint density at radius 1 is 1.10 bits per heavy atom. The van der Waals surface area contributed by atoms with Crippen LogP contribution in [0.25, 0.3) is 11.0 Å². The summed E-state index contributed by atoms with van der Waals surface area (Å²) in [5.41, 5.74) is 8.39. The van der Waals surface area contributed by atoms with Crippen LogP contribution in [-0.4, -0.2) is 45.5 Å². The number of carbonyl (C=O) groups excluding carboxylic acids is 1. The van der Waals surface area contributed by atoms with Gasteiger partial charge in [0.2, 0.25) is 5.95 Å². The van der Waals surface area contributed by atoms with Gasteiger partial charge in [0.1, 0.15) is 11.3 Å². The molecular weight excluding hydrogens is 390 g/mol. The van der Waals surface area contributed by atoms with Crippen LogP contribution in [0.2, 0.25) is 0 Å². The fourth-order valence-corrected chi connectivity index (χ4v) is 3.20. The van der Waals surface area contributed by atoms with E-state index in [2.05, 4.69) is 44.0 Å². The summed E-state index contributed by atoms with van der Waals surface area (Å²) in [4.78, 5) is 29.7. The van der Waals surface area contributed by atoms with Crippen molar-refractivity contribution < 1.29 is 4.79 Å². The second kappa shape index (κ2) is 12.5. The van der Waals surface area contributed by atoms with E-state index in [0.29, 0.717) is 11.1 Å². The van der Waals surface area contributed by atoms with Gasteiger partial charge in [-0.15, -0.1) is 0 Å². The smallest absolute Gasteiger partial charge is 0.250 e. The van der Waals surface area contributed by atoms with Crippen LogP contribution in [0.15, 0.2) is 30.6 Å². The van der Waals surface area contributed by atoms with E-state index in [0.717, 1.165) is 55.5 Å². The minimum Gasteiger partial charge on any atom is -0.383 e. The molecule has 168 valence electrons. The van der Waals surface area contributed by atoms with Crippen LogP contribution in [-0.2, 0) is 0 Å². The van der Waals surface area contributed by atoms with Gasteiger partial charge >= 0.3 is 0 Å². The summed E-state index contributed by atoms with van der Waals surface area (Å²) >= 11 is 0. The average molecular weight is 426 g/mol. The molecule has 0 aliphatic carbocycles. The minimum absolute atomic E-state index is 0.438.